The third kappa shape index (κ3) is 3.27. The van der Waals surface area contributed by atoms with Crippen LogP contribution < -0.4 is 5.32 Å². The van der Waals surface area contributed by atoms with Gasteiger partial charge >= 0.3 is 0 Å². The van der Waals surface area contributed by atoms with Gasteiger partial charge in [-0.1, -0.05) is 11.6 Å². The van der Waals surface area contributed by atoms with Crippen LogP contribution in [0.15, 0.2) is 22.7 Å². The summed E-state index contributed by atoms with van der Waals surface area (Å²) in [6.45, 7) is 1.93. The molecule has 0 bridgehead atoms. The van der Waals surface area contributed by atoms with Crippen molar-refractivity contribution < 1.29 is 4.79 Å². The number of benzene rings is 1. The second kappa shape index (κ2) is 6.67. The highest BCUT2D eigenvalue weighted by Crippen LogP contribution is 2.28. The van der Waals surface area contributed by atoms with Gasteiger partial charge in [0.25, 0.3) is 5.91 Å². The summed E-state index contributed by atoms with van der Waals surface area (Å²) < 4.78 is 0.827. The summed E-state index contributed by atoms with van der Waals surface area (Å²) in [6, 6.07) is 6.26. The van der Waals surface area contributed by atoms with E-state index in [4.69, 9.17) is 11.6 Å². The van der Waals surface area contributed by atoms with Crippen molar-refractivity contribution in [1.29, 1.82) is 0 Å². The highest BCUT2D eigenvalue weighted by molar-refractivity contribution is 9.10. The van der Waals surface area contributed by atoms with E-state index in [1.54, 1.807) is 6.07 Å². The second-order valence-electron chi connectivity index (χ2n) is 5.89. The summed E-state index contributed by atoms with van der Waals surface area (Å²) in [4.78, 5) is 14.9. The van der Waals surface area contributed by atoms with Gasteiger partial charge in [0.05, 0.1) is 5.02 Å². The van der Waals surface area contributed by atoms with Crippen molar-refractivity contribution in [3.05, 3.63) is 33.3 Å². The van der Waals surface area contributed by atoms with E-state index in [0.717, 1.165) is 30.4 Å². The summed E-state index contributed by atoms with van der Waals surface area (Å²) in [5, 5.41) is 4.15. The molecule has 5 heteroatoms. The predicted molar refractivity (Wildman–Crippen MR) is 88.9 cm³/mol. The molecule has 114 valence electrons. The van der Waals surface area contributed by atoms with Crippen LogP contribution in [0, 0.1) is 0 Å². The van der Waals surface area contributed by atoms with Gasteiger partial charge in [-0.2, -0.15) is 0 Å². The zero-order chi connectivity index (χ0) is 14.8. The minimum atomic E-state index is 0.114. The predicted octanol–water partition coefficient (Wildman–Crippen LogP) is 3.85. The van der Waals surface area contributed by atoms with E-state index in [1.165, 1.54) is 19.3 Å². The van der Waals surface area contributed by atoms with Crippen LogP contribution in [0.4, 0.5) is 0 Å². The molecule has 2 aliphatic heterocycles. The topological polar surface area (TPSA) is 32.3 Å². The summed E-state index contributed by atoms with van der Waals surface area (Å²) in [6.07, 6.45) is 5.81. The van der Waals surface area contributed by atoms with E-state index in [1.807, 2.05) is 12.1 Å². The molecule has 21 heavy (non-hydrogen) atoms. The van der Waals surface area contributed by atoms with Crippen LogP contribution in [-0.2, 0) is 0 Å². The number of halogens is 2. The van der Waals surface area contributed by atoms with Gasteiger partial charge in [0.1, 0.15) is 0 Å². The lowest BCUT2D eigenvalue weighted by molar-refractivity contribution is 0.0563. The molecule has 0 spiro atoms. The molecule has 3 rings (SSSR count). The first-order chi connectivity index (χ1) is 10.2. The zero-order valence-corrected chi connectivity index (χ0v) is 14.3. The van der Waals surface area contributed by atoms with Crippen molar-refractivity contribution in [3.63, 3.8) is 0 Å². The lowest BCUT2D eigenvalue weighted by Crippen LogP contribution is -2.52. The first-order valence-electron chi connectivity index (χ1n) is 7.66. The van der Waals surface area contributed by atoms with Crippen molar-refractivity contribution in [2.45, 2.75) is 44.2 Å². The summed E-state index contributed by atoms with van der Waals surface area (Å²) >= 11 is 9.50. The van der Waals surface area contributed by atoms with Gasteiger partial charge in [0, 0.05) is 28.7 Å². The van der Waals surface area contributed by atoms with Gasteiger partial charge in [0.2, 0.25) is 0 Å². The maximum Gasteiger partial charge on any atom is 0.254 e. The molecule has 2 aliphatic rings. The van der Waals surface area contributed by atoms with Gasteiger partial charge < -0.3 is 10.2 Å². The van der Waals surface area contributed by atoms with E-state index < -0.39 is 0 Å². The number of likely N-dealkylation sites (tertiary alicyclic amines) is 1. The Kier molecular flexibility index (Phi) is 4.87. The minimum Gasteiger partial charge on any atom is -0.334 e. The van der Waals surface area contributed by atoms with E-state index in [-0.39, 0.29) is 5.91 Å². The maximum atomic E-state index is 12.9. The van der Waals surface area contributed by atoms with Crippen LogP contribution >= 0.6 is 27.5 Å². The van der Waals surface area contributed by atoms with Gasteiger partial charge in [-0.15, -0.1) is 0 Å². The summed E-state index contributed by atoms with van der Waals surface area (Å²) in [7, 11) is 0. The van der Waals surface area contributed by atoms with Crippen LogP contribution in [0.1, 0.15) is 42.5 Å². The number of carbonyl (C=O) groups is 1. The number of nitrogens with one attached hydrogen (secondary N) is 1. The van der Waals surface area contributed by atoms with E-state index >= 15 is 0 Å². The second-order valence-corrected chi connectivity index (χ2v) is 7.15. The van der Waals surface area contributed by atoms with Crippen molar-refractivity contribution in [3.8, 4) is 0 Å². The molecule has 3 nitrogen and oxygen atoms in total. The molecule has 2 fully saturated rings. The Morgan fingerprint density at radius 2 is 2.14 bits per heavy atom. The fraction of sp³-hybridized carbons (Fsp3) is 0.562. The van der Waals surface area contributed by atoms with Crippen LogP contribution in [-0.4, -0.2) is 36.0 Å². The molecule has 1 aromatic rings. The number of piperidine rings is 1. The Hall–Kier alpha value is -0.580. The van der Waals surface area contributed by atoms with Crippen LogP contribution in [0.3, 0.4) is 0 Å². The van der Waals surface area contributed by atoms with Gasteiger partial charge in [-0.3, -0.25) is 4.79 Å². The molecular weight excluding hydrogens is 352 g/mol. The van der Waals surface area contributed by atoms with Crippen molar-refractivity contribution in [2.24, 2.45) is 0 Å². The van der Waals surface area contributed by atoms with Crippen LogP contribution in [0.5, 0.6) is 0 Å². The Bertz CT molecular complexity index is 531. The maximum absolute atomic E-state index is 12.9. The van der Waals surface area contributed by atoms with Crippen LogP contribution in [0.2, 0.25) is 5.02 Å². The fourth-order valence-corrected chi connectivity index (χ4v) is 3.89. The van der Waals surface area contributed by atoms with Gasteiger partial charge in [0.15, 0.2) is 0 Å². The van der Waals surface area contributed by atoms with Crippen molar-refractivity contribution >= 4 is 33.4 Å². The smallest absolute Gasteiger partial charge is 0.254 e. The molecular formula is C16H20BrClN2O. The fourth-order valence-electron chi connectivity index (χ4n) is 3.46. The highest BCUT2D eigenvalue weighted by Gasteiger charge is 2.34. The van der Waals surface area contributed by atoms with Gasteiger partial charge in [-0.25, -0.2) is 0 Å². The third-order valence-electron chi connectivity index (χ3n) is 4.54. The first kappa shape index (κ1) is 15.3. The lowest BCUT2D eigenvalue weighted by atomic mass is 9.93. The summed E-state index contributed by atoms with van der Waals surface area (Å²) in [5.41, 5.74) is 0.688. The van der Waals surface area contributed by atoms with Crippen molar-refractivity contribution in [1.82, 2.24) is 10.2 Å². The number of hydrogen-bond donors (Lipinski definition) is 1. The normalized spacial score (nSPS) is 26.1. The molecule has 2 heterocycles. The molecule has 2 atom stereocenters. The molecule has 0 saturated carbocycles. The molecule has 1 aromatic carbocycles. The average Bonchev–Trinajstić information content (AvgIpc) is 3.03. The Balaban J connectivity index is 1.81. The number of amides is 1. The summed E-state index contributed by atoms with van der Waals surface area (Å²) in [5.74, 6) is 0.114. The third-order valence-corrected chi connectivity index (χ3v) is 5.77. The van der Waals surface area contributed by atoms with E-state index in [0.29, 0.717) is 22.7 Å². The molecule has 1 N–H and O–H groups in total. The SMILES string of the molecule is O=C(c1ccc(Br)c(Cl)c1)N1CCCCC1C1CCCN1. The van der Waals surface area contributed by atoms with E-state index in [2.05, 4.69) is 26.1 Å². The molecule has 1 amide bonds. The monoisotopic (exact) mass is 370 g/mol. The zero-order valence-electron chi connectivity index (χ0n) is 11.9. The quantitative estimate of drug-likeness (QED) is 0.856. The van der Waals surface area contributed by atoms with Crippen LogP contribution in [0.25, 0.3) is 0 Å². The average molecular weight is 372 g/mol. The number of hydrogen-bond acceptors (Lipinski definition) is 2. The Labute approximate surface area is 139 Å². The van der Waals surface area contributed by atoms with Crippen molar-refractivity contribution in [2.75, 3.05) is 13.1 Å². The molecule has 2 unspecified atom stereocenters. The highest BCUT2D eigenvalue weighted by atomic mass is 79.9. The minimum absolute atomic E-state index is 0.114. The molecule has 2 saturated heterocycles. The Morgan fingerprint density at radius 1 is 1.29 bits per heavy atom. The number of nitrogens with zero attached hydrogens (tertiary/aromatic N) is 1. The first-order valence-corrected chi connectivity index (χ1v) is 8.83. The standard InChI is InChI=1S/C16H20BrClN2O/c17-12-7-6-11(10-13(12)18)16(21)20-9-2-1-5-15(20)14-4-3-8-19-14/h6-7,10,14-15,19H,1-5,8-9H2. The number of carbonyl (C=O) groups excluding carboxylic acids is 1. The van der Waals surface area contributed by atoms with E-state index in [9.17, 15) is 4.79 Å². The lowest BCUT2D eigenvalue weighted by Gasteiger charge is -2.39. The molecule has 0 aromatic heterocycles. The van der Waals surface area contributed by atoms with Gasteiger partial charge in [-0.05, 0) is 72.8 Å². The largest absolute Gasteiger partial charge is 0.334 e. The number of rotatable bonds is 2. The molecule has 0 aliphatic carbocycles. The Morgan fingerprint density at radius 3 is 2.86 bits per heavy atom. The molecule has 0 radical (unpaired) electrons.